The number of rotatable bonds is 5. The zero-order valence-electron chi connectivity index (χ0n) is 10.7. The molecule has 0 aromatic heterocycles. The maximum atomic E-state index is 11.2. The van der Waals surface area contributed by atoms with Gasteiger partial charge in [-0.2, -0.15) is 5.26 Å². The zero-order chi connectivity index (χ0) is 13.7. The van der Waals surface area contributed by atoms with Crippen LogP contribution in [-0.4, -0.2) is 25.1 Å². The molecular weight excluding hydrogens is 232 g/mol. The van der Waals surface area contributed by atoms with Crippen molar-refractivity contribution < 1.29 is 4.92 Å². The van der Waals surface area contributed by atoms with Crippen LogP contribution >= 0.6 is 0 Å². The maximum Gasteiger partial charge on any atom is 0.315 e. The Bertz CT molecular complexity index is 481. The smallest absolute Gasteiger partial charge is 0.315 e. The Labute approximate surface area is 106 Å². The average molecular weight is 248 g/mol. The highest BCUT2D eigenvalue weighted by atomic mass is 16.6. The molecule has 18 heavy (non-hydrogen) atoms. The van der Waals surface area contributed by atoms with Gasteiger partial charge in [0.15, 0.2) is 0 Å². The summed E-state index contributed by atoms with van der Waals surface area (Å²) < 4.78 is 0. The van der Waals surface area contributed by atoms with E-state index in [1.807, 2.05) is 6.92 Å². The minimum absolute atomic E-state index is 0.0345. The Morgan fingerprint density at radius 2 is 2.28 bits per heavy atom. The number of hydrogen-bond acceptors (Lipinski definition) is 5. The van der Waals surface area contributed by atoms with Crippen molar-refractivity contribution in [3.05, 3.63) is 28.3 Å². The van der Waals surface area contributed by atoms with E-state index in [4.69, 9.17) is 5.26 Å². The third kappa shape index (κ3) is 2.69. The van der Waals surface area contributed by atoms with E-state index in [0.29, 0.717) is 17.8 Å². The molecule has 0 heterocycles. The highest BCUT2D eigenvalue weighted by Gasteiger charge is 2.23. The number of para-hydroxylation sites is 1. The minimum atomic E-state index is -0.406. The SMILES string of the molecule is CNc1cccc(N(C)C(C)CC#N)c1[N+](=O)[O-]. The molecule has 1 aromatic carbocycles. The first-order chi connectivity index (χ1) is 8.52. The quantitative estimate of drug-likeness (QED) is 0.639. The van der Waals surface area contributed by atoms with Crippen LogP contribution < -0.4 is 10.2 Å². The fourth-order valence-electron chi connectivity index (χ4n) is 1.72. The lowest BCUT2D eigenvalue weighted by Crippen LogP contribution is -2.29. The summed E-state index contributed by atoms with van der Waals surface area (Å²) in [5.74, 6) is 0. The van der Waals surface area contributed by atoms with Gasteiger partial charge in [0.2, 0.25) is 0 Å². The predicted octanol–water partition coefficient (Wildman–Crippen LogP) is 2.37. The van der Waals surface area contributed by atoms with E-state index >= 15 is 0 Å². The van der Waals surface area contributed by atoms with E-state index in [1.165, 1.54) is 0 Å². The molecule has 1 aromatic rings. The van der Waals surface area contributed by atoms with Gasteiger partial charge in [-0.05, 0) is 19.1 Å². The topological polar surface area (TPSA) is 82.2 Å². The zero-order valence-corrected chi connectivity index (χ0v) is 10.7. The summed E-state index contributed by atoms with van der Waals surface area (Å²) in [5, 5.41) is 22.7. The van der Waals surface area contributed by atoms with Crippen molar-refractivity contribution in [2.45, 2.75) is 19.4 Å². The van der Waals surface area contributed by atoms with Gasteiger partial charge >= 0.3 is 5.69 Å². The van der Waals surface area contributed by atoms with Crippen molar-refractivity contribution in [2.75, 3.05) is 24.3 Å². The van der Waals surface area contributed by atoms with Crippen molar-refractivity contribution in [2.24, 2.45) is 0 Å². The minimum Gasteiger partial charge on any atom is -0.382 e. The third-order valence-corrected chi connectivity index (χ3v) is 2.89. The predicted molar refractivity (Wildman–Crippen MR) is 70.7 cm³/mol. The molecule has 0 spiro atoms. The van der Waals surface area contributed by atoms with E-state index in [1.54, 1.807) is 37.2 Å². The molecule has 0 saturated heterocycles. The summed E-state index contributed by atoms with van der Waals surface area (Å²) in [6, 6.07) is 7.08. The van der Waals surface area contributed by atoms with Crippen LogP contribution in [0, 0.1) is 21.4 Å². The second-order valence-electron chi connectivity index (χ2n) is 4.00. The molecule has 0 aliphatic heterocycles. The van der Waals surface area contributed by atoms with Crippen LogP contribution in [0.4, 0.5) is 17.1 Å². The third-order valence-electron chi connectivity index (χ3n) is 2.89. The number of hydrogen-bond donors (Lipinski definition) is 1. The van der Waals surface area contributed by atoms with Gasteiger partial charge in [-0.15, -0.1) is 0 Å². The Morgan fingerprint density at radius 3 is 2.78 bits per heavy atom. The van der Waals surface area contributed by atoms with Crippen LogP contribution in [0.2, 0.25) is 0 Å². The van der Waals surface area contributed by atoms with Gasteiger partial charge in [-0.1, -0.05) is 6.07 Å². The lowest BCUT2D eigenvalue weighted by atomic mass is 10.1. The number of nitriles is 1. The van der Waals surface area contributed by atoms with E-state index in [0.717, 1.165) is 0 Å². The van der Waals surface area contributed by atoms with Crippen LogP contribution in [0.15, 0.2) is 18.2 Å². The number of anilines is 2. The molecule has 1 rings (SSSR count). The largest absolute Gasteiger partial charge is 0.382 e. The average Bonchev–Trinajstić information content (AvgIpc) is 2.36. The number of nitrogens with zero attached hydrogens (tertiary/aromatic N) is 3. The van der Waals surface area contributed by atoms with Crippen molar-refractivity contribution in [3.63, 3.8) is 0 Å². The monoisotopic (exact) mass is 248 g/mol. The summed E-state index contributed by atoms with van der Waals surface area (Å²) >= 11 is 0. The molecule has 1 unspecified atom stereocenters. The van der Waals surface area contributed by atoms with Crippen molar-refractivity contribution >= 4 is 17.1 Å². The first-order valence-corrected chi connectivity index (χ1v) is 5.57. The molecule has 0 radical (unpaired) electrons. The Morgan fingerprint density at radius 1 is 1.61 bits per heavy atom. The van der Waals surface area contributed by atoms with Crippen molar-refractivity contribution in [3.8, 4) is 6.07 Å². The Balaban J connectivity index is 3.24. The number of nitro benzene ring substituents is 1. The standard InChI is InChI=1S/C12H16N4O2/c1-9(7-8-13)15(3)11-6-4-5-10(14-2)12(11)16(17)18/h4-6,9,14H,7H2,1-3H3. The molecule has 1 atom stereocenters. The summed E-state index contributed by atoms with van der Waals surface area (Å²) in [5.41, 5.74) is 1.01. The normalized spacial score (nSPS) is 11.4. The number of nitrogens with one attached hydrogen (secondary N) is 1. The molecule has 0 bridgehead atoms. The molecule has 0 amide bonds. The molecule has 6 nitrogen and oxygen atoms in total. The van der Waals surface area contributed by atoms with Gasteiger partial charge in [0, 0.05) is 20.1 Å². The summed E-state index contributed by atoms with van der Waals surface area (Å²) in [6.45, 7) is 1.86. The summed E-state index contributed by atoms with van der Waals surface area (Å²) in [6.07, 6.45) is 0.317. The van der Waals surface area contributed by atoms with Gasteiger partial charge in [-0.3, -0.25) is 10.1 Å². The Hall–Kier alpha value is -2.29. The van der Waals surface area contributed by atoms with Crippen LogP contribution in [0.3, 0.4) is 0 Å². The van der Waals surface area contributed by atoms with Crippen LogP contribution in [0.1, 0.15) is 13.3 Å². The Kier molecular flexibility index (Phi) is 4.49. The van der Waals surface area contributed by atoms with Gasteiger partial charge in [-0.25, -0.2) is 0 Å². The summed E-state index contributed by atoms with van der Waals surface area (Å²) in [7, 11) is 3.40. The molecule has 0 aliphatic rings. The number of nitro groups is 1. The van der Waals surface area contributed by atoms with Crippen LogP contribution in [0.5, 0.6) is 0 Å². The second-order valence-corrected chi connectivity index (χ2v) is 4.00. The molecule has 0 aliphatic carbocycles. The molecular formula is C12H16N4O2. The highest BCUT2D eigenvalue weighted by molar-refractivity contribution is 5.76. The molecule has 1 N–H and O–H groups in total. The molecule has 6 heteroatoms. The fraction of sp³-hybridized carbons (Fsp3) is 0.417. The van der Waals surface area contributed by atoms with Crippen LogP contribution in [0.25, 0.3) is 0 Å². The van der Waals surface area contributed by atoms with E-state index < -0.39 is 4.92 Å². The van der Waals surface area contributed by atoms with Gasteiger partial charge in [0.25, 0.3) is 0 Å². The van der Waals surface area contributed by atoms with E-state index in [-0.39, 0.29) is 11.7 Å². The molecule has 0 fully saturated rings. The fourth-order valence-corrected chi connectivity index (χ4v) is 1.72. The lowest BCUT2D eigenvalue weighted by Gasteiger charge is -2.25. The molecule has 0 saturated carbocycles. The van der Waals surface area contributed by atoms with Gasteiger partial charge in [0.05, 0.1) is 17.4 Å². The van der Waals surface area contributed by atoms with Gasteiger partial charge in [0.1, 0.15) is 11.4 Å². The van der Waals surface area contributed by atoms with Gasteiger partial charge < -0.3 is 10.2 Å². The maximum absolute atomic E-state index is 11.2. The van der Waals surface area contributed by atoms with Crippen LogP contribution in [-0.2, 0) is 0 Å². The summed E-state index contributed by atoms with van der Waals surface area (Å²) in [4.78, 5) is 12.5. The van der Waals surface area contributed by atoms with E-state index in [2.05, 4.69) is 11.4 Å². The van der Waals surface area contributed by atoms with Crippen molar-refractivity contribution in [1.29, 1.82) is 5.26 Å². The lowest BCUT2D eigenvalue weighted by molar-refractivity contribution is -0.383. The highest BCUT2D eigenvalue weighted by Crippen LogP contribution is 2.35. The van der Waals surface area contributed by atoms with Crippen molar-refractivity contribution in [1.82, 2.24) is 0 Å². The first kappa shape index (κ1) is 13.8. The molecule has 96 valence electrons. The first-order valence-electron chi connectivity index (χ1n) is 5.57. The number of benzene rings is 1. The van der Waals surface area contributed by atoms with E-state index in [9.17, 15) is 10.1 Å². The second kappa shape index (κ2) is 5.87.